The van der Waals surface area contributed by atoms with Crippen molar-refractivity contribution in [2.24, 2.45) is 0 Å². The smallest absolute Gasteiger partial charge is 0.262 e. The van der Waals surface area contributed by atoms with Gasteiger partial charge in [0.15, 0.2) is 0 Å². The largest absolute Gasteiger partial charge is 0.495 e. The van der Waals surface area contributed by atoms with Gasteiger partial charge in [0.25, 0.3) is 21.8 Å². The van der Waals surface area contributed by atoms with Crippen LogP contribution < -0.4 is 19.5 Å². The molecular weight excluding hydrogens is 474 g/mol. The Morgan fingerprint density at radius 1 is 0.829 bits per heavy atom. The highest BCUT2D eigenvalue weighted by Crippen LogP contribution is 2.31. The zero-order chi connectivity index (χ0) is 25.2. The fourth-order valence-electron chi connectivity index (χ4n) is 3.60. The molecule has 1 aliphatic heterocycles. The molecule has 10 nitrogen and oxygen atoms in total. The third-order valence-corrected chi connectivity index (χ3v) is 6.65. The van der Waals surface area contributed by atoms with Crippen molar-refractivity contribution in [1.82, 2.24) is 4.90 Å². The van der Waals surface area contributed by atoms with Crippen LogP contribution >= 0.6 is 0 Å². The maximum atomic E-state index is 13.0. The van der Waals surface area contributed by atoms with Crippen molar-refractivity contribution in [3.63, 3.8) is 0 Å². The van der Waals surface area contributed by atoms with Crippen LogP contribution in [0.4, 0.5) is 11.4 Å². The molecule has 0 saturated heterocycles. The van der Waals surface area contributed by atoms with E-state index in [2.05, 4.69) is 10.0 Å². The maximum absolute atomic E-state index is 13.0. The van der Waals surface area contributed by atoms with Crippen LogP contribution in [0.25, 0.3) is 0 Å². The average molecular weight is 496 g/mol. The minimum absolute atomic E-state index is 0.0528. The Bertz CT molecular complexity index is 1400. The first-order valence-electron chi connectivity index (χ1n) is 10.3. The molecular formula is C24H21N3O7S. The fourth-order valence-corrected chi connectivity index (χ4v) is 4.70. The van der Waals surface area contributed by atoms with Gasteiger partial charge in [-0.3, -0.25) is 24.0 Å². The van der Waals surface area contributed by atoms with Gasteiger partial charge in [-0.25, -0.2) is 8.42 Å². The monoisotopic (exact) mass is 495 g/mol. The summed E-state index contributed by atoms with van der Waals surface area (Å²) in [6, 6.07) is 16.7. The number of nitrogens with zero attached hydrogens (tertiary/aromatic N) is 1. The molecule has 0 unspecified atom stereocenters. The molecule has 3 amide bonds. The highest BCUT2D eigenvalue weighted by Gasteiger charge is 2.36. The van der Waals surface area contributed by atoms with E-state index in [0.29, 0.717) is 5.75 Å². The summed E-state index contributed by atoms with van der Waals surface area (Å²) in [5.41, 5.74) is 0.732. The molecule has 0 aliphatic carbocycles. The van der Waals surface area contributed by atoms with Crippen molar-refractivity contribution in [2.45, 2.75) is 4.90 Å². The highest BCUT2D eigenvalue weighted by atomic mass is 32.2. The minimum Gasteiger partial charge on any atom is -0.495 e. The summed E-state index contributed by atoms with van der Waals surface area (Å²) in [6.07, 6.45) is 0. The number of carbonyl (C=O) groups is 3. The number of hydrogen-bond acceptors (Lipinski definition) is 7. The van der Waals surface area contributed by atoms with Gasteiger partial charge < -0.3 is 14.8 Å². The van der Waals surface area contributed by atoms with Crippen LogP contribution in [0.2, 0.25) is 0 Å². The quantitative estimate of drug-likeness (QED) is 0.460. The van der Waals surface area contributed by atoms with Crippen molar-refractivity contribution < 1.29 is 32.3 Å². The van der Waals surface area contributed by atoms with E-state index >= 15 is 0 Å². The number of sulfonamides is 1. The molecule has 0 atom stereocenters. The average Bonchev–Trinajstić information content (AvgIpc) is 3.09. The maximum Gasteiger partial charge on any atom is 0.262 e. The number of hydrogen-bond donors (Lipinski definition) is 2. The Hall–Kier alpha value is -4.38. The third-order valence-electron chi connectivity index (χ3n) is 5.29. The normalized spacial score (nSPS) is 12.8. The zero-order valence-electron chi connectivity index (χ0n) is 18.8. The summed E-state index contributed by atoms with van der Waals surface area (Å²) in [6.45, 7) is -0.550. The molecule has 0 aromatic heterocycles. The molecule has 0 bridgehead atoms. The van der Waals surface area contributed by atoms with E-state index in [9.17, 15) is 22.8 Å². The van der Waals surface area contributed by atoms with E-state index < -0.39 is 34.3 Å². The van der Waals surface area contributed by atoms with Gasteiger partial charge in [0.1, 0.15) is 18.0 Å². The predicted octanol–water partition coefficient (Wildman–Crippen LogP) is 2.74. The summed E-state index contributed by atoms with van der Waals surface area (Å²) >= 11 is 0. The van der Waals surface area contributed by atoms with Crippen LogP contribution in [0, 0.1) is 0 Å². The van der Waals surface area contributed by atoms with Gasteiger partial charge in [-0.2, -0.15) is 0 Å². The second kappa shape index (κ2) is 9.47. The van der Waals surface area contributed by atoms with Crippen LogP contribution in [-0.4, -0.2) is 51.8 Å². The first kappa shape index (κ1) is 23.8. The van der Waals surface area contributed by atoms with Crippen molar-refractivity contribution in [3.05, 3.63) is 77.9 Å². The second-order valence-corrected chi connectivity index (χ2v) is 9.14. The lowest BCUT2D eigenvalue weighted by molar-refractivity contribution is -0.116. The molecule has 1 aliphatic rings. The second-order valence-electron chi connectivity index (χ2n) is 7.46. The van der Waals surface area contributed by atoms with E-state index in [1.807, 2.05) is 0 Å². The third kappa shape index (κ3) is 4.66. The van der Waals surface area contributed by atoms with E-state index in [1.165, 1.54) is 44.6 Å². The standard InChI is InChI=1S/C24H21N3O7S/c1-33-20-10-6-5-9-18(20)26-35(31,32)15-11-12-21(34-2)19(13-15)25-22(28)14-27-23(29)16-7-3-4-8-17(16)24(27)30/h3-13,26H,14H2,1-2H3,(H,25,28). The molecule has 180 valence electrons. The molecule has 0 radical (unpaired) electrons. The van der Waals surface area contributed by atoms with Crippen LogP contribution in [0.15, 0.2) is 71.6 Å². The number of para-hydroxylation sites is 2. The lowest BCUT2D eigenvalue weighted by Crippen LogP contribution is -2.37. The first-order valence-corrected chi connectivity index (χ1v) is 11.8. The SMILES string of the molecule is COc1ccc(S(=O)(=O)Nc2ccccc2OC)cc1NC(=O)CN1C(=O)c2ccccc2C1=O. The Kier molecular flexibility index (Phi) is 6.43. The van der Waals surface area contributed by atoms with E-state index in [4.69, 9.17) is 9.47 Å². The number of ether oxygens (including phenoxy) is 2. The van der Waals surface area contributed by atoms with Crippen molar-refractivity contribution in [3.8, 4) is 11.5 Å². The summed E-state index contributed by atoms with van der Waals surface area (Å²) in [4.78, 5) is 38.5. The lowest BCUT2D eigenvalue weighted by atomic mass is 10.1. The van der Waals surface area contributed by atoms with Gasteiger partial charge in [0.2, 0.25) is 5.91 Å². The van der Waals surface area contributed by atoms with Crippen molar-refractivity contribution in [2.75, 3.05) is 30.8 Å². The van der Waals surface area contributed by atoms with Gasteiger partial charge in [-0.05, 0) is 42.5 Å². The Balaban J connectivity index is 1.55. The lowest BCUT2D eigenvalue weighted by Gasteiger charge is -2.16. The molecule has 2 N–H and O–H groups in total. The van der Waals surface area contributed by atoms with Gasteiger partial charge in [0.05, 0.1) is 41.6 Å². The number of anilines is 2. The molecule has 0 fully saturated rings. The molecule has 4 rings (SSSR count). The van der Waals surface area contributed by atoms with E-state index in [-0.39, 0.29) is 33.1 Å². The van der Waals surface area contributed by atoms with Gasteiger partial charge >= 0.3 is 0 Å². The summed E-state index contributed by atoms with van der Waals surface area (Å²) in [7, 11) is -1.28. The van der Waals surface area contributed by atoms with E-state index in [1.54, 1.807) is 36.4 Å². The molecule has 11 heteroatoms. The van der Waals surface area contributed by atoms with Crippen LogP contribution in [-0.2, 0) is 14.8 Å². The van der Waals surface area contributed by atoms with Crippen LogP contribution in [0.3, 0.4) is 0 Å². The Morgan fingerprint density at radius 2 is 1.40 bits per heavy atom. The number of rotatable bonds is 8. The number of carbonyl (C=O) groups excluding carboxylic acids is 3. The van der Waals surface area contributed by atoms with Gasteiger partial charge in [0, 0.05) is 0 Å². The molecule has 0 saturated carbocycles. The number of imide groups is 1. The Morgan fingerprint density at radius 3 is 2.03 bits per heavy atom. The van der Waals surface area contributed by atoms with Crippen LogP contribution in [0.5, 0.6) is 11.5 Å². The topological polar surface area (TPSA) is 131 Å². The number of amides is 3. The van der Waals surface area contributed by atoms with Gasteiger partial charge in [-0.1, -0.05) is 24.3 Å². The summed E-state index contributed by atoms with van der Waals surface area (Å²) in [5, 5.41) is 2.53. The van der Waals surface area contributed by atoms with Crippen molar-refractivity contribution in [1.29, 1.82) is 0 Å². The fraction of sp³-hybridized carbons (Fsp3) is 0.125. The van der Waals surface area contributed by atoms with Gasteiger partial charge in [-0.15, -0.1) is 0 Å². The summed E-state index contributed by atoms with van der Waals surface area (Å²) in [5.74, 6) is -1.34. The molecule has 3 aromatic rings. The first-order chi connectivity index (χ1) is 16.7. The summed E-state index contributed by atoms with van der Waals surface area (Å²) < 4.78 is 38.8. The number of benzene rings is 3. The van der Waals surface area contributed by atoms with E-state index in [0.717, 1.165) is 4.90 Å². The Labute approximate surface area is 201 Å². The molecule has 1 heterocycles. The van der Waals surface area contributed by atoms with Crippen molar-refractivity contribution >= 4 is 39.1 Å². The number of fused-ring (bicyclic) bond motifs is 1. The zero-order valence-corrected chi connectivity index (χ0v) is 19.6. The predicted molar refractivity (Wildman–Crippen MR) is 127 cm³/mol. The molecule has 0 spiro atoms. The highest BCUT2D eigenvalue weighted by molar-refractivity contribution is 7.92. The van der Waals surface area contributed by atoms with Crippen LogP contribution in [0.1, 0.15) is 20.7 Å². The minimum atomic E-state index is -4.06. The number of nitrogens with one attached hydrogen (secondary N) is 2. The number of methoxy groups -OCH3 is 2. The molecule has 35 heavy (non-hydrogen) atoms. The molecule has 3 aromatic carbocycles.